The number of ether oxygens (including phenoxy) is 1. The highest BCUT2D eigenvalue weighted by molar-refractivity contribution is 5.95. The Balaban J connectivity index is 2.12. The first kappa shape index (κ1) is 20.0. The minimum atomic E-state index is -0.514. The zero-order valence-corrected chi connectivity index (χ0v) is 16.8. The number of benzene rings is 2. The molecule has 140 valence electrons. The Morgan fingerprint density at radius 2 is 1.73 bits per heavy atom. The van der Waals surface area contributed by atoms with Gasteiger partial charge in [0.25, 0.3) is 5.91 Å². The van der Waals surface area contributed by atoms with Crippen LogP contribution >= 0.6 is 0 Å². The van der Waals surface area contributed by atoms with Crippen molar-refractivity contribution in [2.75, 3.05) is 5.32 Å². The van der Waals surface area contributed by atoms with Gasteiger partial charge in [-0.2, -0.15) is 0 Å². The standard InChI is InChI=1S/C23H31NO2/c1-7-17-11-9-10-16(3)21(17)24-22(25)20(8-2)26-19-14-12-18(13-15-19)23(4,5)6/h9-15,20H,7-8H2,1-6H3,(H,24,25)/t20-/m1/s1. The number of carbonyl (C=O) groups is 1. The van der Waals surface area contributed by atoms with Crippen LogP contribution in [0.4, 0.5) is 5.69 Å². The van der Waals surface area contributed by atoms with Gasteiger partial charge in [0.15, 0.2) is 6.10 Å². The van der Waals surface area contributed by atoms with E-state index >= 15 is 0 Å². The van der Waals surface area contributed by atoms with Crippen LogP contribution in [0.15, 0.2) is 42.5 Å². The molecule has 0 fully saturated rings. The van der Waals surface area contributed by atoms with E-state index in [9.17, 15) is 4.79 Å². The lowest BCUT2D eigenvalue weighted by Crippen LogP contribution is -2.33. The molecule has 0 aliphatic rings. The molecule has 2 aromatic rings. The first-order valence-electron chi connectivity index (χ1n) is 9.42. The van der Waals surface area contributed by atoms with Crippen molar-refractivity contribution in [3.05, 3.63) is 59.2 Å². The molecule has 0 aliphatic heterocycles. The van der Waals surface area contributed by atoms with Crippen LogP contribution < -0.4 is 10.1 Å². The van der Waals surface area contributed by atoms with E-state index in [-0.39, 0.29) is 11.3 Å². The highest BCUT2D eigenvalue weighted by Gasteiger charge is 2.21. The number of carbonyl (C=O) groups excluding carboxylic acids is 1. The molecular weight excluding hydrogens is 322 g/mol. The molecule has 1 N–H and O–H groups in total. The molecule has 0 saturated carbocycles. The predicted octanol–water partition coefficient (Wildman–Crippen LogP) is 5.65. The average molecular weight is 354 g/mol. The third kappa shape index (κ3) is 4.87. The summed E-state index contributed by atoms with van der Waals surface area (Å²) < 4.78 is 5.97. The topological polar surface area (TPSA) is 38.3 Å². The molecule has 0 radical (unpaired) electrons. The monoisotopic (exact) mass is 353 g/mol. The Morgan fingerprint density at radius 3 is 2.27 bits per heavy atom. The first-order valence-corrected chi connectivity index (χ1v) is 9.42. The number of hydrogen-bond acceptors (Lipinski definition) is 2. The number of anilines is 1. The van der Waals surface area contributed by atoms with Gasteiger partial charge in [-0.1, -0.05) is 65.0 Å². The van der Waals surface area contributed by atoms with Gasteiger partial charge in [0.05, 0.1) is 0 Å². The molecule has 0 aromatic heterocycles. The summed E-state index contributed by atoms with van der Waals surface area (Å²) >= 11 is 0. The van der Waals surface area contributed by atoms with Gasteiger partial charge in [0.1, 0.15) is 5.75 Å². The van der Waals surface area contributed by atoms with E-state index in [0.717, 1.165) is 29.0 Å². The van der Waals surface area contributed by atoms with Gasteiger partial charge in [0, 0.05) is 5.69 Å². The maximum absolute atomic E-state index is 12.8. The van der Waals surface area contributed by atoms with Crippen molar-refractivity contribution in [1.82, 2.24) is 0 Å². The Kier molecular flexibility index (Phi) is 6.47. The van der Waals surface area contributed by atoms with E-state index in [1.54, 1.807) is 0 Å². The second-order valence-electron chi connectivity index (χ2n) is 7.74. The minimum Gasteiger partial charge on any atom is -0.481 e. The zero-order valence-electron chi connectivity index (χ0n) is 16.8. The fourth-order valence-electron chi connectivity index (χ4n) is 2.93. The van der Waals surface area contributed by atoms with Gasteiger partial charge in [-0.25, -0.2) is 0 Å². The molecule has 0 bridgehead atoms. The molecule has 0 saturated heterocycles. The van der Waals surface area contributed by atoms with Crippen molar-refractivity contribution in [2.24, 2.45) is 0 Å². The number of hydrogen-bond donors (Lipinski definition) is 1. The van der Waals surface area contributed by atoms with Crippen LogP contribution in [0, 0.1) is 6.92 Å². The van der Waals surface area contributed by atoms with Crippen molar-refractivity contribution < 1.29 is 9.53 Å². The van der Waals surface area contributed by atoms with E-state index in [2.05, 4.69) is 51.2 Å². The summed E-state index contributed by atoms with van der Waals surface area (Å²) in [5.74, 6) is 0.622. The molecule has 0 aliphatic carbocycles. The van der Waals surface area contributed by atoms with E-state index in [1.165, 1.54) is 5.56 Å². The first-order chi connectivity index (χ1) is 12.3. The molecule has 2 aromatic carbocycles. The molecule has 0 unspecified atom stereocenters. The summed E-state index contributed by atoms with van der Waals surface area (Å²) in [7, 11) is 0. The maximum Gasteiger partial charge on any atom is 0.265 e. The van der Waals surface area contributed by atoms with Crippen LogP contribution in [-0.4, -0.2) is 12.0 Å². The summed E-state index contributed by atoms with van der Waals surface area (Å²) in [5, 5.41) is 3.07. The van der Waals surface area contributed by atoms with Crippen molar-refractivity contribution >= 4 is 11.6 Å². The molecule has 0 spiro atoms. The molecule has 0 heterocycles. The van der Waals surface area contributed by atoms with Crippen LogP contribution in [0.25, 0.3) is 0 Å². The van der Waals surface area contributed by atoms with Crippen molar-refractivity contribution in [3.8, 4) is 5.75 Å². The van der Waals surface area contributed by atoms with Crippen LogP contribution in [0.2, 0.25) is 0 Å². The zero-order chi connectivity index (χ0) is 19.3. The van der Waals surface area contributed by atoms with E-state index in [1.807, 2.05) is 38.1 Å². The van der Waals surface area contributed by atoms with Crippen LogP contribution in [0.1, 0.15) is 57.7 Å². The number of aryl methyl sites for hydroxylation is 2. The third-order valence-corrected chi connectivity index (χ3v) is 4.65. The Bertz CT molecular complexity index is 742. The quantitative estimate of drug-likeness (QED) is 0.728. The second-order valence-corrected chi connectivity index (χ2v) is 7.74. The Hall–Kier alpha value is -2.29. The fraction of sp³-hybridized carbons (Fsp3) is 0.435. The van der Waals surface area contributed by atoms with E-state index in [4.69, 9.17) is 4.74 Å². The highest BCUT2D eigenvalue weighted by Crippen LogP contribution is 2.26. The molecule has 1 amide bonds. The number of nitrogens with one attached hydrogen (secondary N) is 1. The van der Waals surface area contributed by atoms with Crippen LogP contribution in [0.3, 0.4) is 0 Å². The molecular formula is C23H31NO2. The lowest BCUT2D eigenvalue weighted by Gasteiger charge is -2.21. The third-order valence-electron chi connectivity index (χ3n) is 4.65. The number of amides is 1. The Labute approximate surface area is 157 Å². The van der Waals surface area contributed by atoms with Gasteiger partial charge >= 0.3 is 0 Å². The highest BCUT2D eigenvalue weighted by atomic mass is 16.5. The largest absolute Gasteiger partial charge is 0.481 e. The number of rotatable bonds is 6. The molecule has 3 nitrogen and oxygen atoms in total. The van der Waals surface area contributed by atoms with Crippen molar-refractivity contribution in [3.63, 3.8) is 0 Å². The maximum atomic E-state index is 12.8. The fourth-order valence-corrected chi connectivity index (χ4v) is 2.93. The molecule has 3 heteroatoms. The van der Waals surface area contributed by atoms with E-state index in [0.29, 0.717) is 6.42 Å². The lowest BCUT2D eigenvalue weighted by molar-refractivity contribution is -0.122. The summed E-state index contributed by atoms with van der Waals surface area (Å²) in [6, 6.07) is 14.1. The smallest absolute Gasteiger partial charge is 0.265 e. The van der Waals surface area contributed by atoms with Crippen LogP contribution in [0.5, 0.6) is 5.75 Å². The van der Waals surface area contributed by atoms with Crippen LogP contribution in [-0.2, 0) is 16.6 Å². The number of para-hydroxylation sites is 1. The summed E-state index contributed by atoms with van der Waals surface area (Å²) in [4.78, 5) is 12.8. The van der Waals surface area contributed by atoms with E-state index < -0.39 is 6.10 Å². The minimum absolute atomic E-state index is 0.0987. The van der Waals surface area contributed by atoms with Crippen molar-refractivity contribution in [2.45, 2.75) is 65.9 Å². The van der Waals surface area contributed by atoms with Gasteiger partial charge in [0.2, 0.25) is 0 Å². The van der Waals surface area contributed by atoms with Crippen molar-refractivity contribution in [1.29, 1.82) is 0 Å². The molecule has 1 atom stereocenters. The SMILES string of the molecule is CCc1cccc(C)c1NC(=O)[C@@H](CC)Oc1ccc(C(C)(C)C)cc1. The molecule has 2 rings (SSSR count). The lowest BCUT2D eigenvalue weighted by atomic mass is 9.87. The summed E-state index contributed by atoms with van der Waals surface area (Å²) in [6.45, 7) is 12.6. The van der Waals surface area contributed by atoms with Gasteiger partial charge in [-0.05, 0) is 54.0 Å². The summed E-state index contributed by atoms with van der Waals surface area (Å²) in [5.41, 5.74) is 4.46. The predicted molar refractivity (Wildman–Crippen MR) is 109 cm³/mol. The normalized spacial score (nSPS) is 12.5. The second kappa shape index (κ2) is 8.39. The Morgan fingerprint density at radius 1 is 1.08 bits per heavy atom. The molecule has 26 heavy (non-hydrogen) atoms. The average Bonchev–Trinajstić information content (AvgIpc) is 2.60. The van der Waals surface area contributed by atoms with Gasteiger partial charge in [-0.15, -0.1) is 0 Å². The van der Waals surface area contributed by atoms with Gasteiger partial charge in [-0.3, -0.25) is 4.79 Å². The summed E-state index contributed by atoms with van der Waals surface area (Å²) in [6.07, 6.45) is 0.975. The van der Waals surface area contributed by atoms with Gasteiger partial charge < -0.3 is 10.1 Å².